The van der Waals surface area contributed by atoms with E-state index in [1.165, 1.54) is 0 Å². The number of aryl methyl sites for hydroxylation is 1. The summed E-state index contributed by atoms with van der Waals surface area (Å²) in [5.41, 5.74) is 7.04. The Morgan fingerprint density at radius 1 is 1.55 bits per heavy atom. The molecule has 0 saturated carbocycles. The van der Waals surface area contributed by atoms with Gasteiger partial charge in [0.2, 0.25) is 0 Å². The average molecular weight is 215 g/mol. The van der Waals surface area contributed by atoms with Crippen molar-refractivity contribution in [3.63, 3.8) is 0 Å². The van der Waals surface area contributed by atoms with Gasteiger partial charge in [-0.3, -0.25) is 0 Å². The first-order valence-electron chi connectivity index (χ1n) is 3.20. The molecule has 1 atom stereocenters. The fraction of sp³-hybridized carbons (Fsp3) is 0.143. The maximum absolute atomic E-state index is 10.7. The second kappa shape index (κ2) is 3.16. The molecule has 60 valence electrons. The van der Waals surface area contributed by atoms with Crippen molar-refractivity contribution in [2.24, 2.45) is 0 Å². The first-order chi connectivity index (χ1) is 5.11. The number of benzene rings is 1. The summed E-state index contributed by atoms with van der Waals surface area (Å²) in [6.07, 6.45) is 0. The van der Waals surface area contributed by atoms with Crippen molar-refractivity contribution in [1.82, 2.24) is 0 Å². The van der Waals surface area contributed by atoms with Gasteiger partial charge in [0.05, 0.1) is 0 Å². The van der Waals surface area contributed by atoms with Crippen LogP contribution in [0.5, 0.6) is 0 Å². The fourth-order valence-electron chi connectivity index (χ4n) is 0.809. The predicted molar refractivity (Wildman–Crippen MR) is 45.3 cm³/mol. The summed E-state index contributed by atoms with van der Waals surface area (Å²) < 4.78 is 20.0. The van der Waals surface area contributed by atoms with Gasteiger partial charge in [-0.1, -0.05) is 0 Å². The van der Waals surface area contributed by atoms with Crippen molar-refractivity contribution in [2.75, 3.05) is 5.73 Å². The van der Waals surface area contributed by atoms with E-state index in [2.05, 4.69) is 0 Å². The second-order valence-electron chi connectivity index (χ2n) is 2.38. The molecule has 11 heavy (non-hydrogen) atoms. The maximum atomic E-state index is 10.7. The Morgan fingerprint density at radius 3 is 2.64 bits per heavy atom. The first kappa shape index (κ1) is 8.44. The molecule has 3 nitrogen and oxygen atoms in total. The molecule has 1 unspecified atom stereocenters. The van der Waals surface area contributed by atoms with Crippen LogP contribution < -0.4 is 10.1 Å². The molecule has 0 aliphatic heterocycles. The summed E-state index contributed by atoms with van der Waals surface area (Å²) >= 11 is -3.13. The van der Waals surface area contributed by atoms with Gasteiger partial charge in [-0.25, -0.2) is 0 Å². The number of hydrogen-bond acceptors (Lipinski definition) is 2. The minimum absolute atomic E-state index is 0.525. The minimum atomic E-state index is -3.13. The van der Waals surface area contributed by atoms with Crippen molar-refractivity contribution < 1.29 is 7.84 Å². The summed E-state index contributed by atoms with van der Waals surface area (Å²) in [5, 5.41) is 0. The van der Waals surface area contributed by atoms with Crippen molar-refractivity contribution >= 4 is 25.0 Å². The zero-order valence-corrected chi connectivity index (χ0v) is 8.26. The Balaban J connectivity index is 3.15. The SMILES string of the molecule is Cc1cc([AsH](=O)O)ccc1N. The van der Waals surface area contributed by atoms with E-state index in [4.69, 9.17) is 9.83 Å². The molecule has 1 aromatic carbocycles. The molecule has 4 heteroatoms. The Kier molecular flexibility index (Phi) is 2.42. The van der Waals surface area contributed by atoms with Gasteiger partial charge in [-0.15, -0.1) is 0 Å². The molecular formula is C7H10AsNO2. The van der Waals surface area contributed by atoms with Gasteiger partial charge in [0.15, 0.2) is 0 Å². The quantitative estimate of drug-likeness (QED) is 0.487. The Labute approximate surface area is 69.7 Å². The average Bonchev–Trinajstić information content (AvgIpc) is 1.94. The summed E-state index contributed by atoms with van der Waals surface area (Å²) in [6, 6.07) is 4.92. The number of hydrogen-bond donors (Lipinski definition) is 2. The van der Waals surface area contributed by atoms with Crippen LogP contribution >= 0.6 is 0 Å². The molecule has 0 spiro atoms. The molecule has 3 N–H and O–H groups in total. The molecule has 0 aliphatic carbocycles. The number of rotatable bonds is 1. The number of nitrogen functional groups attached to an aromatic ring is 1. The molecule has 0 aliphatic rings. The first-order valence-corrected chi connectivity index (χ1v) is 6.05. The van der Waals surface area contributed by atoms with Crippen molar-refractivity contribution in [1.29, 1.82) is 0 Å². The van der Waals surface area contributed by atoms with E-state index in [-0.39, 0.29) is 0 Å². The van der Waals surface area contributed by atoms with Gasteiger partial charge in [-0.2, -0.15) is 0 Å². The van der Waals surface area contributed by atoms with E-state index < -0.39 is 14.9 Å². The molecular weight excluding hydrogens is 205 g/mol. The molecule has 0 saturated heterocycles. The van der Waals surface area contributed by atoms with Gasteiger partial charge in [-0.05, 0) is 0 Å². The van der Waals surface area contributed by atoms with Crippen LogP contribution in [0.4, 0.5) is 5.69 Å². The Morgan fingerprint density at radius 2 is 2.18 bits per heavy atom. The van der Waals surface area contributed by atoms with Gasteiger partial charge in [0, 0.05) is 0 Å². The van der Waals surface area contributed by atoms with Gasteiger partial charge in [0.25, 0.3) is 0 Å². The predicted octanol–water partition coefficient (Wildman–Crippen LogP) is -0.572. The molecule has 0 amide bonds. The van der Waals surface area contributed by atoms with Crippen LogP contribution in [0.3, 0.4) is 0 Å². The number of anilines is 1. The van der Waals surface area contributed by atoms with Crippen LogP contribution in [0.15, 0.2) is 18.2 Å². The zero-order valence-electron chi connectivity index (χ0n) is 6.16. The molecule has 1 rings (SSSR count). The van der Waals surface area contributed by atoms with E-state index in [0.717, 1.165) is 5.56 Å². The molecule has 0 heterocycles. The van der Waals surface area contributed by atoms with E-state index in [1.54, 1.807) is 18.2 Å². The van der Waals surface area contributed by atoms with Crippen LogP contribution in [0.25, 0.3) is 0 Å². The van der Waals surface area contributed by atoms with Crippen LogP contribution in [-0.4, -0.2) is 19.0 Å². The standard InChI is InChI=1S/C7H10AsNO2/c1-5-4-6(8(10)11)2-3-7(5)9/h2-4,8H,9H2,1H3,(H,10,11). The number of nitrogens with two attached hydrogens (primary N) is 1. The third-order valence-corrected chi connectivity index (χ3v) is 3.21. The van der Waals surface area contributed by atoms with Crippen molar-refractivity contribution in [2.45, 2.75) is 6.92 Å². The fourth-order valence-corrected chi connectivity index (χ4v) is 2.00. The van der Waals surface area contributed by atoms with Crippen LogP contribution in [0.1, 0.15) is 5.56 Å². The van der Waals surface area contributed by atoms with E-state index >= 15 is 0 Å². The van der Waals surface area contributed by atoms with E-state index in [1.807, 2.05) is 6.92 Å². The molecule has 0 aromatic heterocycles. The third kappa shape index (κ3) is 1.88. The summed E-state index contributed by atoms with van der Waals surface area (Å²) in [4.78, 5) is 0. The monoisotopic (exact) mass is 215 g/mol. The van der Waals surface area contributed by atoms with Crippen molar-refractivity contribution in [3.05, 3.63) is 23.8 Å². The normalized spacial score (nSPS) is 12.9. The molecule has 0 radical (unpaired) electrons. The summed E-state index contributed by atoms with van der Waals surface area (Å²) in [6.45, 7) is 1.82. The Bertz CT molecular complexity index is 298. The Hall–Kier alpha value is -0.662. The van der Waals surface area contributed by atoms with Gasteiger partial charge >= 0.3 is 69.2 Å². The van der Waals surface area contributed by atoms with Gasteiger partial charge < -0.3 is 0 Å². The summed E-state index contributed by atoms with van der Waals surface area (Å²) in [5.74, 6) is 0. The van der Waals surface area contributed by atoms with Gasteiger partial charge in [0.1, 0.15) is 0 Å². The third-order valence-electron chi connectivity index (χ3n) is 1.52. The van der Waals surface area contributed by atoms with Crippen LogP contribution in [0, 0.1) is 6.92 Å². The van der Waals surface area contributed by atoms with Crippen LogP contribution in [-0.2, 0) is 3.74 Å². The van der Waals surface area contributed by atoms with E-state index in [0.29, 0.717) is 10.0 Å². The van der Waals surface area contributed by atoms with E-state index in [9.17, 15) is 3.74 Å². The molecule has 0 bridgehead atoms. The molecule has 1 aromatic rings. The summed E-state index contributed by atoms with van der Waals surface area (Å²) in [7, 11) is 0. The van der Waals surface area contributed by atoms with Crippen LogP contribution in [0.2, 0.25) is 0 Å². The zero-order chi connectivity index (χ0) is 8.43. The second-order valence-corrected chi connectivity index (χ2v) is 4.87. The molecule has 0 fully saturated rings. The van der Waals surface area contributed by atoms with Crippen molar-refractivity contribution in [3.8, 4) is 0 Å². The topological polar surface area (TPSA) is 63.3 Å².